The van der Waals surface area contributed by atoms with Gasteiger partial charge in [0.1, 0.15) is 15.2 Å². The van der Waals surface area contributed by atoms with Gasteiger partial charge in [-0.3, -0.25) is 0 Å². The third-order valence-corrected chi connectivity index (χ3v) is 6.23. The summed E-state index contributed by atoms with van der Waals surface area (Å²) in [6, 6.07) is 4.95. The second-order valence-electron chi connectivity index (χ2n) is 4.58. The molecule has 0 bridgehead atoms. The Hall–Kier alpha value is -0.940. The lowest BCUT2D eigenvalue weighted by atomic mass is 10.1. The van der Waals surface area contributed by atoms with E-state index < -0.39 is 10.0 Å². The molecule has 1 atom stereocenters. The number of hydrogen-bond acceptors (Lipinski definition) is 5. The van der Waals surface area contributed by atoms with E-state index in [0.717, 1.165) is 43.8 Å². The minimum Gasteiger partial charge on any atom is -0.302 e. The van der Waals surface area contributed by atoms with E-state index in [1.54, 1.807) is 6.07 Å². The first-order valence-corrected chi connectivity index (χ1v) is 8.59. The van der Waals surface area contributed by atoms with E-state index in [2.05, 4.69) is 16.5 Å². The quantitative estimate of drug-likeness (QED) is 0.911. The smallest absolute Gasteiger partial charge is 0.250 e. The number of piperidine rings is 1. The largest absolute Gasteiger partial charge is 0.302 e. The van der Waals surface area contributed by atoms with Gasteiger partial charge in [-0.15, -0.1) is 11.3 Å². The number of hydrogen-bond donors (Lipinski definition) is 1. The highest BCUT2D eigenvalue weighted by Crippen LogP contribution is 2.22. The van der Waals surface area contributed by atoms with Crippen molar-refractivity contribution in [2.75, 3.05) is 19.6 Å². The van der Waals surface area contributed by atoms with E-state index in [-0.39, 0.29) is 10.3 Å². The molecule has 0 spiro atoms. The molecule has 1 aromatic rings. The van der Waals surface area contributed by atoms with Crippen LogP contribution >= 0.6 is 11.3 Å². The Morgan fingerprint density at radius 2 is 2.37 bits per heavy atom. The van der Waals surface area contributed by atoms with Crippen LogP contribution in [0.15, 0.2) is 16.3 Å². The van der Waals surface area contributed by atoms with Gasteiger partial charge in [-0.1, -0.05) is 6.92 Å². The van der Waals surface area contributed by atoms with Crippen molar-refractivity contribution >= 4 is 21.4 Å². The molecule has 5 nitrogen and oxygen atoms in total. The average molecular weight is 299 g/mol. The number of rotatable bonds is 4. The van der Waals surface area contributed by atoms with Crippen molar-refractivity contribution in [3.8, 4) is 6.07 Å². The van der Waals surface area contributed by atoms with Crippen LogP contribution in [0.2, 0.25) is 0 Å². The lowest BCUT2D eigenvalue weighted by Gasteiger charge is -2.31. The fraction of sp³-hybridized carbons (Fsp3) is 0.583. The molecule has 1 saturated heterocycles. The molecule has 1 aliphatic heterocycles. The molecule has 2 heterocycles. The molecule has 0 aliphatic carbocycles. The standard InChI is InChI=1S/C12H17N3O2S2/c1-2-15-7-3-4-10(9-15)14-19(16,17)12-6-5-11(8-13)18-12/h5-6,10,14H,2-4,7,9H2,1H3. The summed E-state index contributed by atoms with van der Waals surface area (Å²) in [5, 5.41) is 8.74. The van der Waals surface area contributed by atoms with Crippen molar-refractivity contribution in [1.82, 2.24) is 9.62 Å². The fourth-order valence-corrected chi connectivity index (χ4v) is 4.62. The van der Waals surface area contributed by atoms with Crippen LogP contribution in [0.1, 0.15) is 24.6 Å². The highest BCUT2D eigenvalue weighted by atomic mass is 32.2. The Morgan fingerprint density at radius 1 is 1.58 bits per heavy atom. The summed E-state index contributed by atoms with van der Waals surface area (Å²) in [5.74, 6) is 0. The molecule has 2 rings (SSSR count). The van der Waals surface area contributed by atoms with Gasteiger partial charge < -0.3 is 4.90 Å². The normalized spacial score (nSPS) is 21.2. The minimum absolute atomic E-state index is 0.0358. The van der Waals surface area contributed by atoms with E-state index in [0.29, 0.717) is 4.88 Å². The lowest BCUT2D eigenvalue weighted by molar-refractivity contribution is 0.211. The number of nitriles is 1. The van der Waals surface area contributed by atoms with Gasteiger partial charge in [0.25, 0.3) is 0 Å². The lowest BCUT2D eigenvalue weighted by Crippen LogP contribution is -2.47. The SMILES string of the molecule is CCN1CCCC(NS(=O)(=O)c2ccc(C#N)s2)C1. The number of likely N-dealkylation sites (N-methyl/N-ethyl adjacent to an activating group) is 1. The van der Waals surface area contributed by atoms with Crippen LogP contribution in [0.3, 0.4) is 0 Å². The summed E-state index contributed by atoms with van der Waals surface area (Å²) in [6.07, 6.45) is 1.88. The van der Waals surface area contributed by atoms with Gasteiger partial charge in [-0.25, -0.2) is 13.1 Å². The monoisotopic (exact) mass is 299 g/mol. The summed E-state index contributed by atoms with van der Waals surface area (Å²) in [7, 11) is -3.49. The summed E-state index contributed by atoms with van der Waals surface area (Å²) in [5.41, 5.74) is 0. The third-order valence-electron chi connectivity index (χ3n) is 3.23. The summed E-state index contributed by atoms with van der Waals surface area (Å²) >= 11 is 1.01. The van der Waals surface area contributed by atoms with Gasteiger partial charge in [0.05, 0.1) is 0 Å². The van der Waals surface area contributed by atoms with Crippen LogP contribution in [-0.2, 0) is 10.0 Å². The topological polar surface area (TPSA) is 73.2 Å². The zero-order valence-electron chi connectivity index (χ0n) is 10.8. The van der Waals surface area contributed by atoms with Crippen molar-refractivity contribution in [1.29, 1.82) is 5.26 Å². The van der Waals surface area contributed by atoms with Crippen LogP contribution in [0.25, 0.3) is 0 Å². The summed E-state index contributed by atoms with van der Waals surface area (Å²) < 4.78 is 27.4. The molecule has 0 radical (unpaired) electrons. The van der Waals surface area contributed by atoms with E-state index in [1.807, 2.05) is 6.07 Å². The van der Waals surface area contributed by atoms with Crippen LogP contribution < -0.4 is 4.72 Å². The van der Waals surface area contributed by atoms with Crippen LogP contribution in [0.5, 0.6) is 0 Å². The van der Waals surface area contributed by atoms with E-state index in [1.165, 1.54) is 6.07 Å². The highest BCUT2D eigenvalue weighted by molar-refractivity contribution is 7.91. The van der Waals surface area contributed by atoms with Crippen molar-refractivity contribution in [2.45, 2.75) is 30.0 Å². The average Bonchev–Trinajstić information content (AvgIpc) is 2.88. The molecular weight excluding hydrogens is 282 g/mol. The predicted molar refractivity (Wildman–Crippen MR) is 74.5 cm³/mol. The molecular formula is C12H17N3O2S2. The molecule has 0 saturated carbocycles. The van der Waals surface area contributed by atoms with E-state index >= 15 is 0 Å². The Morgan fingerprint density at radius 3 is 3.00 bits per heavy atom. The first-order chi connectivity index (χ1) is 9.05. The first kappa shape index (κ1) is 14.5. The van der Waals surface area contributed by atoms with Crippen LogP contribution in [-0.4, -0.2) is 39.0 Å². The molecule has 1 aromatic heterocycles. The van der Waals surface area contributed by atoms with Crippen molar-refractivity contribution in [2.24, 2.45) is 0 Å². The Labute approximate surface area is 117 Å². The Kier molecular flexibility index (Phi) is 4.58. The van der Waals surface area contributed by atoms with E-state index in [4.69, 9.17) is 5.26 Å². The molecule has 7 heteroatoms. The van der Waals surface area contributed by atoms with E-state index in [9.17, 15) is 8.42 Å². The number of nitrogens with one attached hydrogen (secondary N) is 1. The number of thiophene rings is 1. The zero-order valence-corrected chi connectivity index (χ0v) is 12.4. The third kappa shape index (κ3) is 3.54. The number of nitrogens with zero attached hydrogens (tertiary/aromatic N) is 2. The summed E-state index contributed by atoms with van der Waals surface area (Å²) in [6.45, 7) is 4.81. The fourth-order valence-electron chi connectivity index (χ4n) is 2.24. The minimum atomic E-state index is -3.49. The molecule has 1 N–H and O–H groups in total. The van der Waals surface area contributed by atoms with Gasteiger partial charge >= 0.3 is 0 Å². The Balaban J connectivity index is 2.07. The van der Waals surface area contributed by atoms with Crippen molar-refractivity contribution in [3.05, 3.63) is 17.0 Å². The first-order valence-electron chi connectivity index (χ1n) is 6.30. The Bertz CT molecular complexity index is 574. The second kappa shape index (κ2) is 6.01. The molecule has 1 aliphatic rings. The number of likely N-dealkylation sites (tertiary alicyclic amines) is 1. The molecule has 104 valence electrons. The van der Waals surface area contributed by atoms with Gasteiger partial charge in [-0.2, -0.15) is 5.26 Å². The second-order valence-corrected chi connectivity index (χ2v) is 7.61. The van der Waals surface area contributed by atoms with Crippen LogP contribution in [0.4, 0.5) is 0 Å². The highest BCUT2D eigenvalue weighted by Gasteiger charge is 2.25. The van der Waals surface area contributed by atoms with Crippen LogP contribution in [0, 0.1) is 11.3 Å². The van der Waals surface area contributed by atoms with Gasteiger partial charge in [0.2, 0.25) is 10.0 Å². The molecule has 19 heavy (non-hydrogen) atoms. The molecule has 0 aromatic carbocycles. The van der Waals surface area contributed by atoms with Gasteiger partial charge in [-0.05, 0) is 38.1 Å². The maximum atomic E-state index is 12.2. The molecule has 1 unspecified atom stereocenters. The van der Waals surface area contributed by atoms with Crippen molar-refractivity contribution < 1.29 is 8.42 Å². The zero-order chi connectivity index (χ0) is 13.9. The number of sulfonamides is 1. The van der Waals surface area contributed by atoms with Gasteiger partial charge in [0, 0.05) is 12.6 Å². The molecule has 0 amide bonds. The maximum Gasteiger partial charge on any atom is 0.250 e. The van der Waals surface area contributed by atoms with Crippen molar-refractivity contribution in [3.63, 3.8) is 0 Å². The van der Waals surface area contributed by atoms with Gasteiger partial charge in [0.15, 0.2) is 0 Å². The maximum absolute atomic E-state index is 12.2. The predicted octanol–water partition coefficient (Wildman–Crippen LogP) is 1.38. The summed E-state index contributed by atoms with van der Waals surface area (Å²) in [4.78, 5) is 2.66. The molecule has 1 fully saturated rings.